The van der Waals surface area contributed by atoms with E-state index in [-0.39, 0.29) is 18.2 Å². The lowest BCUT2D eigenvalue weighted by Gasteiger charge is -2.30. The zero-order chi connectivity index (χ0) is 18.0. The van der Waals surface area contributed by atoms with E-state index in [4.69, 9.17) is 9.47 Å². The van der Waals surface area contributed by atoms with Crippen molar-refractivity contribution in [3.05, 3.63) is 48.0 Å². The highest BCUT2D eigenvalue weighted by molar-refractivity contribution is 6.00. The van der Waals surface area contributed by atoms with Gasteiger partial charge in [0.05, 0.1) is 19.2 Å². The van der Waals surface area contributed by atoms with Gasteiger partial charge in [0.2, 0.25) is 5.91 Å². The van der Waals surface area contributed by atoms with Gasteiger partial charge in [0, 0.05) is 12.7 Å². The van der Waals surface area contributed by atoms with Crippen LogP contribution in [0.15, 0.2) is 42.5 Å². The summed E-state index contributed by atoms with van der Waals surface area (Å²) in [6.07, 6.45) is -0.276. The summed E-state index contributed by atoms with van der Waals surface area (Å²) in [5.74, 6) is 1.07. The molecule has 6 heteroatoms. The summed E-state index contributed by atoms with van der Waals surface area (Å²) in [5.41, 5.74) is 2.12. The van der Waals surface area contributed by atoms with Crippen LogP contribution in [0.4, 0.5) is 11.4 Å². The summed E-state index contributed by atoms with van der Waals surface area (Å²) in [5, 5.41) is 2.85. The maximum absolute atomic E-state index is 12.3. The van der Waals surface area contributed by atoms with E-state index in [1.165, 1.54) is 0 Å². The predicted molar refractivity (Wildman–Crippen MR) is 95.3 cm³/mol. The molecule has 0 saturated carbocycles. The summed E-state index contributed by atoms with van der Waals surface area (Å²) in [6.45, 7) is 1.71. The maximum atomic E-state index is 12.3. The molecule has 130 valence electrons. The van der Waals surface area contributed by atoms with Gasteiger partial charge in [-0.1, -0.05) is 12.1 Å². The zero-order valence-electron chi connectivity index (χ0n) is 14.4. The molecule has 1 atom stereocenters. The average Bonchev–Trinajstić information content (AvgIpc) is 2.60. The number of amides is 2. The monoisotopic (exact) mass is 340 g/mol. The van der Waals surface area contributed by atoms with E-state index in [1.54, 1.807) is 44.2 Å². The van der Waals surface area contributed by atoms with Crippen LogP contribution in [0, 0.1) is 0 Å². The molecule has 1 aliphatic rings. The van der Waals surface area contributed by atoms with Crippen LogP contribution in [0.25, 0.3) is 0 Å². The Morgan fingerprint density at radius 1 is 1.28 bits per heavy atom. The van der Waals surface area contributed by atoms with Gasteiger partial charge in [-0.2, -0.15) is 0 Å². The Morgan fingerprint density at radius 3 is 2.84 bits per heavy atom. The van der Waals surface area contributed by atoms with E-state index in [1.807, 2.05) is 24.3 Å². The minimum atomic E-state index is -0.508. The van der Waals surface area contributed by atoms with Crippen molar-refractivity contribution in [3.63, 3.8) is 0 Å². The zero-order valence-corrected chi connectivity index (χ0v) is 14.4. The van der Waals surface area contributed by atoms with Crippen LogP contribution in [-0.4, -0.2) is 32.1 Å². The number of fused-ring (bicyclic) bond motifs is 1. The molecule has 0 saturated heterocycles. The first-order valence-electron chi connectivity index (χ1n) is 7.99. The van der Waals surface area contributed by atoms with Crippen molar-refractivity contribution in [2.24, 2.45) is 0 Å². The summed E-state index contributed by atoms with van der Waals surface area (Å²) < 4.78 is 10.7. The molecule has 1 N–H and O–H groups in total. The SMILES string of the molecule is COc1cccc(CC(=O)Nc2ccc3c(c2)N(C)C(=O)C(C)O3)c1. The summed E-state index contributed by atoms with van der Waals surface area (Å²) in [6, 6.07) is 12.6. The lowest BCUT2D eigenvalue weighted by Crippen LogP contribution is -2.42. The number of benzene rings is 2. The molecule has 2 aromatic carbocycles. The number of ether oxygens (including phenoxy) is 2. The summed E-state index contributed by atoms with van der Waals surface area (Å²) >= 11 is 0. The standard InChI is InChI=1S/C19H20N2O4/c1-12-19(23)21(2)16-11-14(7-8-17(16)25-12)20-18(22)10-13-5-4-6-15(9-13)24-3/h4-9,11-12H,10H2,1-3H3,(H,20,22). The lowest BCUT2D eigenvalue weighted by molar-refractivity contribution is -0.125. The smallest absolute Gasteiger partial charge is 0.267 e. The number of carbonyl (C=O) groups is 2. The molecule has 1 unspecified atom stereocenters. The van der Waals surface area contributed by atoms with E-state index in [0.29, 0.717) is 22.9 Å². The Bertz CT molecular complexity index is 819. The first-order valence-corrected chi connectivity index (χ1v) is 7.99. The molecular weight excluding hydrogens is 320 g/mol. The molecule has 0 radical (unpaired) electrons. The molecular formula is C19H20N2O4. The van der Waals surface area contributed by atoms with Crippen molar-refractivity contribution in [1.29, 1.82) is 0 Å². The fourth-order valence-corrected chi connectivity index (χ4v) is 2.76. The summed E-state index contributed by atoms with van der Waals surface area (Å²) in [7, 11) is 3.29. The third-order valence-electron chi connectivity index (χ3n) is 4.08. The number of nitrogens with zero attached hydrogens (tertiary/aromatic N) is 1. The Balaban J connectivity index is 1.73. The largest absolute Gasteiger partial charge is 0.497 e. The van der Waals surface area contributed by atoms with Gasteiger partial charge < -0.3 is 19.7 Å². The molecule has 0 fully saturated rings. The van der Waals surface area contributed by atoms with Crippen molar-refractivity contribution in [2.45, 2.75) is 19.4 Å². The van der Waals surface area contributed by atoms with Gasteiger partial charge in [-0.25, -0.2) is 0 Å². The fourth-order valence-electron chi connectivity index (χ4n) is 2.76. The van der Waals surface area contributed by atoms with Crippen molar-refractivity contribution in [1.82, 2.24) is 0 Å². The Labute approximate surface area is 146 Å². The molecule has 1 aliphatic heterocycles. The molecule has 0 aromatic heterocycles. The van der Waals surface area contributed by atoms with Gasteiger partial charge in [-0.05, 0) is 42.8 Å². The number of nitrogens with one attached hydrogen (secondary N) is 1. The summed E-state index contributed by atoms with van der Waals surface area (Å²) in [4.78, 5) is 25.9. The quantitative estimate of drug-likeness (QED) is 0.929. The second kappa shape index (κ2) is 6.84. The second-order valence-electron chi connectivity index (χ2n) is 5.92. The molecule has 0 spiro atoms. The van der Waals surface area contributed by atoms with Crippen LogP contribution >= 0.6 is 0 Å². The van der Waals surface area contributed by atoms with Gasteiger partial charge >= 0.3 is 0 Å². The van der Waals surface area contributed by atoms with E-state index >= 15 is 0 Å². The first kappa shape index (κ1) is 16.8. The van der Waals surface area contributed by atoms with E-state index in [2.05, 4.69) is 5.32 Å². The van der Waals surface area contributed by atoms with Crippen molar-refractivity contribution >= 4 is 23.2 Å². The molecule has 25 heavy (non-hydrogen) atoms. The number of rotatable bonds is 4. The molecule has 6 nitrogen and oxygen atoms in total. The van der Waals surface area contributed by atoms with Crippen LogP contribution in [0.3, 0.4) is 0 Å². The lowest BCUT2D eigenvalue weighted by atomic mass is 10.1. The molecule has 1 heterocycles. The normalized spacial score (nSPS) is 16.0. The number of anilines is 2. The van der Waals surface area contributed by atoms with Gasteiger partial charge in [0.25, 0.3) is 5.91 Å². The molecule has 2 aromatic rings. The van der Waals surface area contributed by atoms with E-state index in [0.717, 1.165) is 5.56 Å². The van der Waals surface area contributed by atoms with E-state index in [9.17, 15) is 9.59 Å². The van der Waals surface area contributed by atoms with Crippen LogP contribution in [0.1, 0.15) is 12.5 Å². The third-order valence-corrected chi connectivity index (χ3v) is 4.08. The van der Waals surface area contributed by atoms with Crippen LogP contribution < -0.4 is 19.7 Å². The molecule has 0 bridgehead atoms. The van der Waals surface area contributed by atoms with Crippen molar-refractivity contribution in [3.8, 4) is 11.5 Å². The van der Waals surface area contributed by atoms with Gasteiger partial charge in [-0.3, -0.25) is 9.59 Å². The number of methoxy groups -OCH3 is 1. The van der Waals surface area contributed by atoms with Gasteiger partial charge in [0.1, 0.15) is 11.5 Å². The van der Waals surface area contributed by atoms with Crippen LogP contribution in [-0.2, 0) is 16.0 Å². The average molecular weight is 340 g/mol. The fraction of sp³-hybridized carbons (Fsp3) is 0.263. The number of carbonyl (C=O) groups excluding carboxylic acids is 2. The minimum Gasteiger partial charge on any atom is -0.497 e. The Kier molecular flexibility index (Phi) is 4.61. The van der Waals surface area contributed by atoms with Crippen LogP contribution in [0.2, 0.25) is 0 Å². The highest BCUT2D eigenvalue weighted by atomic mass is 16.5. The maximum Gasteiger partial charge on any atom is 0.267 e. The third kappa shape index (κ3) is 3.57. The van der Waals surface area contributed by atoms with Gasteiger partial charge in [-0.15, -0.1) is 0 Å². The molecule has 0 aliphatic carbocycles. The van der Waals surface area contributed by atoms with Crippen LogP contribution in [0.5, 0.6) is 11.5 Å². The Hall–Kier alpha value is -3.02. The molecule has 2 amide bonds. The van der Waals surface area contributed by atoms with Gasteiger partial charge in [0.15, 0.2) is 6.10 Å². The molecule has 3 rings (SSSR count). The predicted octanol–water partition coefficient (Wildman–Crippen LogP) is 2.62. The topological polar surface area (TPSA) is 67.9 Å². The van der Waals surface area contributed by atoms with E-state index < -0.39 is 6.10 Å². The highest BCUT2D eigenvalue weighted by Crippen LogP contribution is 2.35. The number of likely N-dealkylation sites (N-methyl/N-ethyl adjacent to an activating group) is 1. The number of hydrogen-bond donors (Lipinski definition) is 1. The Morgan fingerprint density at radius 2 is 2.08 bits per heavy atom. The second-order valence-corrected chi connectivity index (χ2v) is 5.92. The van der Waals surface area contributed by atoms with Crippen molar-refractivity contribution < 1.29 is 19.1 Å². The van der Waals surface area contributed by atoms with Crippen molar-refractivity contribution in [2.75, 3.05) is 24.4 Å². The number of hydrogen-bond acceptors (Lipinski definition) is 4. The highest BCUT2D eigenvalue weighted by Gasteiger charge is 2.29. The first-order chi connectivity index (χ1) is 12.0. The minimum absolute atomic E-state index is 0.118.